The highest BCUT2D eigenvalue weighted by molar-refractivity contribution is 7.89. The summed E-state index contributed by atoms with van der Waals surface area (Å²) in [6.07, 6.45) is 1.28. The van der Waals surface area contributed by atoms with E-state index in [2.05, 4.69) is 4.72 Å². The molecule has 0 aliphatic carbocycles. The van der Waals surface area contributed by atoms with Crippen molar-refractivity contribution in [2.45, 2.75) is 18.4 Å². The Morgan fingerprint density at radius 3 is 2.65 bits per heavy atom. The summed E-state index contributed by atoms with van der Waals surface area (Å²) in [7, 11) is -2.22. The molecule has 108 valence electrons. The molecule has 0 amide bonds. The quantitative estimate of drug-likeness (QED) is 0.877. The first-order chi connectivity index (χ1) is 9.29. The molecule has 2 aromatic heterocycles. The summed E-state index contributed by atoms with van der Waals surface area (Å²) in [5.74, 6) is -1.16. The summed E-state index contributed by atoms with van der Waals surface area (Å²) in [6.45, 7) is 2.14. The highest BCUT2D eigenvalue weighted by Crippen LogP contribution is 2.17. The van der Waals surface area contributed by atoms with Crippen molar-refractivity contribution >= 4 is 27.3 Å². The topological polar surface area (TPSA) is 88.4 Å². The second-order valence-corrected chi connectivity index (χ2v) is 7.45. The molecule has 0 saturated carbocycles. The molecule has 2 rings (SSSR count). The minimum Gasteiger partial charge on any atom is -0.477 e. The lowest BCUT2D eigenvalue weighted by molar-refractivity contribution is 0.0686. The van der Waals surface area contributed by atoms with Crippen LogP contribution in [0.2, 0.25) is 0 Å². The lowest BCUT2D eigenvalue weighted by Gasteiger charge is -2.02. The van der Waals surface area contributed by atoms with E-state index in [0.717, 1.165) is 15.8 Å². The van der Waals surface area contributed by atoms with Gasteiger partial charge in [-0.15, -0.1) is 11.3 Å². The number of nitrogens with one attached hydrogen (secondary N) is 1. The van der Waals surface area contributed by atoms with E-state index >= 15 is 0 Å². The first-order valence-electron chi connectivity index (χ1n) is 5.74. The number of carboxylic acid groups (broad SMARTS) is 1. The Morgan fingerprint density at radius 1 is 1.45 bits per heavy atom. The third-order valence-corrected chi connectivity index (χ3v) is 5.11. The molecule has 0 fully saturated rings. The summed E-state index contributed by atoms with van der Waals surface area (Å²) in [5, 5.41) is 8.92. The number of aromatic nitrogens is 1. The van der Waals surface area contributed by atoms with Gasteiger partial charge in [0.05, 0.1) is 0 Å². The Labute approximate surface area is 120 Å². The van der Waals surface area contributed by atoms with Gasteiger partial charge in [-0.2, -0.15) is 0 Å². The van der Waals surface area contributed by atoms with E-state index in [-0.39, 0.29) is 17.1 Å². The van der Waals surface area contributed by atoms with E-state index in [1.54, 1.807) is 0 Å². The fourth-order valence-electron chi connectivity index (χ4n) is 1.72. The molecule has 2 N–H and O–H groups in total. The van der Waals surface area contributed by atoms with E-state index in [1.165, 1.54) is 29.1 Å². The van der Waals surface area contributed by atoms with Crippen molar-refractivity contribution in [2.24, 2.45) is 7.05 Å². The number of nitrogens with zero attached hydrogens (tertiary/aromatic N) is 1. The van der Waals surface area contributed by atoms with Crippen LogP contribution in [0.1, 0.15) is 20.2 Å². The Hall–Kier alpha value is -1.64. The van der Waals surface area contributed by atoms with Gasteiger partial charge in [-0.05, 0) is 25.1 Å². The fraction of sp³-hybridized carbons (Fsp3) is 0.250. The van der Waals surface area contributed by atoms with Crippen molar-refractivity contribution in [3.8, 4) is 0 Å². The Bertz CT molecular complexity index is 743. The van der Waals surface area contributed by atoms with Crippen LogP contribution in [-0.4, -0.2) is 24.1 Å². The largest absolute Gasteiger partial charge is 0.477 e. The van der Waals surface area contributed by atoms with Crippen molar-refractivity contribution < 1.29 is 18.3 Å². The van der Waals surface area contributed by atoms with Crippen molar-refractivity contribution in [3.63, 3.8) is 0 Å². The molecule has 0 saturated heterocycles. The van der Waals surface area contributed by atoms with Crippen molar-refractivity contribution in [3.05, 3.63) is 39.8 Å². The maximum Gasteiger partial charge on any atom is 0.352 e. The minimum absolute atomic E-state index is 0.0503. The first-order valence-corrected chi connectivity index (χ1v) is 8.04. The number of carboxylic acids is 1. The number of hydrogen-bond donors (Lipinski definition) is 2. The SMILES string of the molecule is Cc1ccc(CNS(=O)(=O)c2cc(C(=O)O)n(C)c2)s1. The molecule has 2 heterocycles. The Morgan fingerprint density at radius 2 is 2.15 bits per heavy atom. The maximum absolute atomic E-state index is 12.1. The molecule has 0 bridgehead atoms. The number of aryl methyl sites for hydroxylation is 2. The summed E-state index contributed by atoms with van der Waals surface area (Å²) in [6, 6.07) is 4.92. The van der Waals surface area contributed by atoms with Gasteiger partial charge >= 0.3 is 5.97 Å². The highest BCUT2D eigenvalue weighted by atomic mass is 32.2. The van der Waals surface area contributed by atoms with Crippen LogP contribution in [0.3, 0.4) is 0 Å². The number of thiophene rings is 1. The van der Waals surface area contributed by atoms with Crippen LogP contribution < -0.4 is 4.72 Å². The van der Waals surface area contributed by atoms with Crippen molar-refractivity contribution in [2.75, 3.05) is 0 Å². The van der Waals surface area contributed by atoms with Crippen molar-refractivity contribution in [1.82, 2.24) is 9.29 Å². The van der Waals surface area contributed by atoms with Crippen LogP contribution in [0.15, 0.2) is 29.3 Å². The van der Waals surface area contributed by atoms with Crippen LogP contribution in [0, 0.1) is 6.92 Å². The number of carbonyl (C=O) groups is 1. The van der Waals surface area contributed by atoms with Gasteiger partial charge in [0.25, 0.3) is 0 Å². The zero-order valence-corrected chi connectivity index (χ0v) is 12.6. The Kier molecular flexibility index (Phi) is 3.98. The second-order valence-electron chi connectivity index (χ2n) is 4.31. The van der Waals surface area contributed by atoms with Crippen LogP contribution in [0.5, 0.6) is 0 Å². The monoisotopic (exact) mass is 314 g/mol. The number of aromatic carboxylic acids is 1. The van der Waals surface area contributed by atoms with Gasteiger partial charge in [-0.3, -0.25) is 0 Å². The fourth-order valence-corrected chi connectivity index (χ4v) is 3.72. The molecule has 2 aromatic rings. The molecular weight excluding hydrogens is 300 g/mol. The van der Waals surface area contributed by atoms with Gasteiger partial charge in [0, 0.05) is 29.5 Å². The van der Waals surface area contributed by atoms with Gasteiger partial charge in [0.2, 0.25) is 10.0 Å². The average molecular weight is 314 g/mol. The van der Waals surface area contributed by atoms with Gasteiger partial charge in [0.15, 0.2) is 0 Å². The molecule has 0 aliphatic rings. The standard InChI is InChI=1S/C12H14N2O4S2/c1-8-3-4-9(19-8)6-13-20(17,18)10-5-11(12(15)16)14(2)7-10/h3-5,7,13H,6H2,1-2H3,(H,15,16). The van der Waals surface area contributed by atoms with E-state index in [1.807, 2.05) is 19.1 Å². The Balaban J connectivity index is 2.18. The zero-order valence-electron chi connectivity index (χ0n) is 11.0. The average Bonchev–Trinajstić information content (AvgIpc) is 2.93. The van der Waals surface area contributed by atoms with E-state index in [0.29, 0.717) is 0 Å². The molecule has 0 atom stereocenters. The molecule has 0 radical (unpaired) electrons. The summed E-state index contributed by atoms with van der Waals surface area (Å²) < 4.78 is 27.9. The van der Waals surface area contributed by atoms with E-state index in [9.17, 15) is 13.2 Å². The first kappa shape index (κ1) is 14.8. The predicted molar refractivity (Wildman–Crippen MR) is 75.5 cm³/mol. The number of sulfonamides is 1. The molecule has 0 aromatic carbocycles. The highest BCUT2D eigenvalue weighted by Gasteiger charge is 2.20. The summed E-state index contributed by atoms with van der Waals surface area (Å²) in [5.41, 5.74) is -0.0719. The normalized spacial score (nSPS) is 11.7. The molecule has 6 nitrogen and oxygen atoms in total. The predicted octanol–water partition coefficient (Wildman–Crippen LogP) is 1.57. The molecule has 0 unspecified atom stereocenters. The van der Waals surface area contributed by atoms with Crippen LogP contribution >= 0.6 is 11.3 Å². The zero-order chi connectivity index (χ0) is 14.9. The number of hydrogen-bond acceptors (Lipinski definition) is 4. The molecule has 8 heteroatoms. The maximum atomic E-state index is 12.1. The summed E-state index contributed by atoms with van der Waals surface area (Å²) in [4.78, 5) is 12.9. The second kappa shape index (κ2) is 5.39. The summed E-state index contributed by atoms with van der Waals surface area (Å²) >= 11 is 1.51. The minimum atomic E-state index is -3.71. The van der Waals surface area contributed by atoms with E-state index in [4.69, 9.17) is 5.11 Å². The third-order valence-electron chi connectivity index (χ3n) is 2.74. The lowest BCUT2D eigenvalue weighted by Crippen LogP contribution is -2.22. The molecule has 0 aliphatic heterocycles. The lowest BCUT2D eigenvalue weighted by atomic mass is 10.4. The van der Waals surface area contributed by atoms with Gasteiger partial charge in [-0.25, -0.2) is 17.9 Å². The molecule has 0 spiro atoms. The smallest absolute Gasteiger partial charge is 0.352 e. The van der Waals surface area contributed by atoms with Gasteiger partial charge in [-0.1, -0.05) is 0 Å². The van der Waals surface area contributed by atoms with E-state index < -0.39 is 16.0 Å². The van der Waals surface area contributed by atoms with Crippen molar-refractivity contribution in [1.29, 1.82) is 0 Å². The van der Waals surface area contributed by atoms with Gasteiger partial charge < -0.3 is 9.67 Å². The van der Waals surface area contributed by atoms with Gasteiger partial charge in [0.1, 0.15) is 10.6 Å². The number of rotatable bonds is 5. The third kappa shape index (κ3) is 3.09. The molecule has 20 heavy (non-hydrogen) atoms. The molecular formula is C12H14N2O4S2. The van der Waals surface area contributed by atoms with Crippen LogP contribution in [0.25, 0.3) is 0 Å². The van der Waals surface area contributed by atoms with Crippen LogP contribution in [0.4, 0.5) is 0 Å². The van der Waals surface area contributed by atoms with Crippen LogP contribution in [-0.2, 0) is 23.6 Å².